The van der Waals surface area contributed by atoms with E-state index in [1.165, 1.54) is 0 Å². The first kappa shape index (κ1) is 21.4. The van der Waals surface area contributed by atoms with Crippen LogP contribution in [0.3, 0.4) is 0 Å². The predicted octanol–water partition coefficient (Wildman–Crippen LogP) is 3.01. The number of methoxy groups -OCH3 is 1. The highest BCUT2D eigenvalue weighted by Gasteiger charge is 2.28. The summed E-state index contributed by atoms with van der Waals surface area (Å²) in [6.45, 7) is 0. The minimum Gasteiger partial charge on any atom is -0.497 e. The molecular weight excluding hydrogens is 386 g/mol. The number of esters is 2. The van der Waals surface area contributed by atoms with Crippen molar-refractivity contribution in [1.29, 1.82) is 0 Å². The molecule has 0 unspecified atom stereocenters. The normalized spacial score (nSPS) is 17.9. The Labute approximate surface area is 175 Å². The van der Waals surface area contributed by atoms with E-state index in [4.69, 9.17) is 24.9 Å². The Hall–Kier alpha value is -3.34. The van der Waals surface area contributed by atoms with E-state index in [0.717, 1.165) is 12.8 Å². The summed E-state index contributed by atoms with van der Waals surface area (Å²) in [4.78, 5) is 29.0. The molecule has 0 aromatic heterocycles. The van der Waals surface area contributed by atoms with Crippen LogP contribution in [0.15, 0.2) is 48.5 Å². The minimum absolute atomic E-state index is 0.0100. The molecule has 7 heteroatoms. The standard InChI is InChI=1S/C23H23NO6/c1-27-18-7-2-16(3-8-18)4-15-22(25)28-19-11-13-20(14-12-19)29-23(26)17-5-9-21(30-24)10-6-17/h2-3,7-8,11-14,17,21H,5-6,9-10,24H2,1H3. The van der Waals surface area contributed by atoms with Gasteiger partial charge in [0.2, 0.25) is 0 Å². The van der Waals surface area contributed by atoms with Crippen LogP contribution in [0.4, 0.5) is 0 Å². The van der Waals surface area contributed by atoms with Crippen molar-refractivity contribution in [3.05, 3.63) is 54.1 Å². The molecule has 0 spiro atoms. The number of carbonyl (C=O) groups excluding carboxylic acids is 2. The predicted molar refractivity (Wildman–Crippen MR) is 109 cm³/mol. The third-order valence-electron chi connectivity index (χ3n) is 4.85. The van der Waals surface area contributed by atoms with E-state index in [1.54, 1.807) is 55.6 Å². The van der Waals surface area contributed by atoms with Gasteiger partial charge in [0.05, 0.1) is 19.1 Å². The van der Waals surface area contributed by atoms with E-state index < -0.39 is 5.97 Å². The van der Waals surface area contributed by atoms with E-state index in [9.17, 15) is 9.59 Å². The number of carbonyl (C=O) groups is 2. The second-order valence-corrected chi connectivity index (χ2v) is 6.87. The van der Waals surface area contributed by atoms with Gasteiger partial charge in [-0.15, -0.1) is 0 Å². The summed E-state index contributed by atoms with van der Waals surface area (Å²) in [7, 11) is 1.58. The van der Waals surface area contributed by atoms with Crippen LogP contribution in [-0.2, 0) is 14.4 Å². The smallest absolute Gasteiger partial charge is 0.390 e. The van der Waals surface area contributed by atoms with Gasteiger partial charge in [0, 0.05) is 11.5 Å². The Morgan fingerprint density at radius 2 is 1.43 bits per heavy atom. The van der Waals surface area contributed by atoms with Crippen LogP contribution in [0, 0.1) is 17.8 Å². The van der Waals surface area contributed by atoms with Crippen LogP contribution >= 0.6 is 0 Å². The topological polar surface area (TPSA) is 97.1 Å². The summed E-state index contributed by atoms with van der Waals surface area (Å²) in [5, 5.41) is 0. The summed E-state index contributed by atoms with van der Waals surface area (Å²) >= 11 is 0. The quantitative estimate of drug-likeness (QED) is 0.351. The molecular formula is C23H23NO6. The lowest BCUT2D eigenvalue weighted by Gasteiger charge is -2.25. The van der Waals surface area contributed by atoms with Gasteiger partial charge < -0.3 is 19.0 Å². The lowest BCUT2D eigenvalue weighted by atomic mass is 9.87. The van der Waals surface area contributed by atoms with E-state index in [1.807, 2.05) is 0 Å². The van der Waals surface area contributed by atoms with Gasteiger partial charge >= 0.3 is 11.9 Å². The first-order valence-corrected chi connectivity index (χ1v) is 9.62. The molecule has 2 N–H and O–H groups in total. The highest BCUT2D eigenvalue weighted by atomic mass is 16.6. The molecule has 3 rings (SSSR count). The van der Waals surface area contributed by atoms with Crippen molar-refractivity contribution in [2.45, 2.75) is 31.8 Å². The fourth-order valence-electron chi connectivity index (χ4n) is 3.14. The Bertz CT molecular complexity index is 919. The molecule has 30 heavy (non-hydrogen) atoms. The fraction of sp³-hybridized carbons (Fsp3) is 0.304. The van der Waals surface area contributed by atoms with Crippen molar-refractivity contribution >= 4 is 11.9 Å². The SMILES string of the molecule is COc1ccc(C#CC(=O)Oc2ccc(OC(=O)C3CCC(ON)CC3)cc2)cc1. The summed E-state index contributed by atoms with van der Waals surface area (Å²) < 4.78 is 15.7. The summed E-state index contributed by atoms with van der Waals surface area (Å²) in [6.07, 6.45) is 2.86. The molecule has 156 valence electrons. The third kappa shape index (κ3) is 6.08. The van der Waals surface area contributed by atoms with E-state index in [-0.39, 0.29) is 18.0 Å². The zero-order valence-corrected chi connectivity index (χ0v) is 16.6. The average Bonchev–Trinajstić information content (AvgIpc) is 2.79. The molecule has 0 atom stereocenters. The second kappa shape index (κ2) is 10.4. The third-order valence-corrected chi connectivity index (χ3v) is 4.85. The van der Waals surface area contributed by atoms with Crippen LogP contribution in [0.1, 0.15) is 31.2 Å². The Balaban J connectivity index is 1.50. The van der Waals surface area contributed by atoms with Gasteiger partial charge in [-0.05, 0) is 74.2 Å². The Morgan fingerprint density at radius 3 is 2.00 bits per heavy atom. The maximum absolute atomic E-state index is 12.3. The molecule has 0 amide bonds. The molecule has 2 aromatic carbocycles. The Morgan fingerprint density at radius 1 is 0.867 bits per heavy atom. The lowest BCUT2D eigenvalue weighted by Crippen LogP contribution is -2.30. The average molecular weight is 409 g/mol. The van der Waals surface area contributed by atoms with Gasteiger partial charge in [-0.1, -0.05) is 5.92 Å². The molecule has 1 saturated carbocycles. The number of ether oxygens (including phenoxy) is 3. The maximum Gasteiger partial charge on any atom is 0.390 e. The van der Waals surface area contributed by atoms with Crippen molar-refractivity contribution in [2.24, 2.45) is 11.8 Å². The van der Waals surface area contributed by atoms with Gasteiger partial charge in [-0.3, -0.25) is 4.79 Å². The van der Waals surface area contributed by atoms with Crippen LogP contribution in [0.25, 0.3) is 0 Å². The lowest BCUT2D eigenvalue weighted by molar-refractivity contribution is -0.141. The van der Waals surface area contributed by atoms with Crippen molar-refractivity contribution in [3.8, 4) is 29.1 Å². The Kier molecular flexibility index (Phi) is 7.44. The van der Waals surface area contributed by atoms with Crippen LogP contribution in [0.2, 0.25) is 0 Å². The number of hydrogen-bond acceptors (Lipinski definition) is 7. The molecule has 0 bridgehead atoms. The van der Waals surface area contributed by atoms with Gasteiger partial charge in [0.15, 0.2) is 0 Å². The van der Waals surface area contributed by atoms with Crippen molar-refractivity contribution in [2.75, 3.05) is 7.11 Å². The molecule has 0 radical (unpaired) electrons. The second-order valence-electron chi connectivity index (χ2n) is 6.87. The molecule has 1 aliphatic carbocycles. The van der Waals surface area contributed by atoms with Crippen molar-refractivity contribution < 1.29 is 28.6 Å². The number of hydrogen-bond donors (Lipinski definition) is 1. The van der Waals surface area contributed by atoms with E-state index in [2.05, 4.69) is 11.8 Å². The molecule has 0 aliphatic heterocycles. The molecule has 0 heterocycles. The highest BCUT2D eigenvalue weighted by molar-refractivity contribution is 5.90. The van der Waals surface area contributed by atoms with Gasteiger partial charge in [-0.2, -0.15) is 0 Å². The first-order chi connectivity index (χ1) is 14.6. The number of nitrogens with two attached hydrogens (primary N) is 1. The maximum atomic E-state index is 12.3. The zero-order valence-electron chi connectivity index (χ0n) is 16.6. The zero-order chi connectivity index (χ0) is 21.3. The highest BCUT2D eigenvalue weighted by Crippen LogP contribution is 2.27. The van der Waals surface area contributed by atoms with E-state index in [0.29, 0.717) is 35.7 Å². The van der Waals surface area contributed by atoms with Crippen LogP contribution in [0.5, 0.6) is 17.2 Å². The molecule has 0 saturated heterocycles. The van der Waals surface area contributed by atoms with Crippen LogP contribution in [-0.4, -0.2) is 25.2 Å². The van der Waals surface area contributed by atoms with Gasteiger partial charge in [0.25, 0.3) is 0 Å². The van der Waals surface area contributed by atoms with Crippen molar-refractivity contribution in [1.82, 2.24) is 0 Å². The van der Waals surface area contributed by atoms with Gasteiger partial charge in [0.1, 0.15) is 17.2 Å². The molecule has 1 aliphatic rings. The largest absolute Gasteiger partial charge is 0.497 e. The number of benzene rings is 2. The van der Waals surface area contributed by atoms with Crippen LogP contribution < -0.4 is 20.1 Å². The summed E-state index contributed by atoms with van der Waals surface area (Å²) in [6, 6.07) is 13.3. The first-order valence-electron chi connectivity index (χ1n) is 9.62. The minimum atomic E-state index is -0.686. The van der Waals surface area contributed by atoms with Gasteiger partial charge in [-0.25, -0.2) is 10.7 Å². The monoisotopic (exact) mass is 409 g/mol. The molecule has 2 aromatic rings. The summed E-state index contributed by atoms with van der Waals surface area (Å²) in [5.41, 5.74) is 0.669. The number of rotatable bonds is 5. The molecule has 1 fully saturated rings. The fourth-order valence-corrected chi connectivity index (χ4v) is 3.14. The summed E-state index contributed by atoms with van der Waals surface area (Å²) in [5.74, 6) is 10.6. The van der Waals surface area contributed by atoms with Crippen molar-refractivity contribution in [3.63, 3.8) is 0 Å². The van der Waals surface area contributed by atoms with E-state index >= 15 is 0 Å². The molecule has 7 nitrogen and oxygen atoms in total.